The zero-order valence-corrected chi connectivity index (χ0v) is 21.7. The molecule has 0 aliphatic carbocycles. The van der Waals surface area contributed by atoms with Crippen molar-refractivity contribution in [3.05, 3.63) is 65.7 Å². The van der Waals surface area contributed by atoms with E-state index < -0.39 is 21.8 Å². The second-order valence-corrected chi connectivity index (χ2v) is 10.0. The van der Waals surface area contributed by atoms with Crippen LogP contribution >= 0.6 is 12.4 Å². The number of ether oxygens (including phenoxy) is 1. The summed E-state index contributed by atoms with van der Waals surface area (Å²) < 4.78 is 74.9. The molecule has 3 N–H and O–H groups in total. The number of nitrogens with zero attached hydrogens (tertiary/aromatic N) is 2. The first-order chi connectivity index (χ1) is 17.1. The number of hydrogen-bond acceptors (Lipinski definition) is 7. The number of halogens is 4. The lowest BCUT2D eigenvalue weighted by Crippen LogP contribution is -2.49. The Labute approximate surface area is 219 Å². The van der Waals surface area contributed by atoms with E-state index in [1.807, 2.05) is 0 Å². The molecule has 13 heteroatoms. The number of rotatable bonds is 7. The van der Waals surface area contributed by atoms with E-state index in [4.69, 9.17) is 4.74 Å². The Hall–Kier alpha value is -2.93. The molecule has 2 atom stereocenters. The smallest absolute Gasteiger partial charge is 0.379 e. The molecular weight excluding hydrogens is 531 g/mol. The Morgan fingerprint density at radius 3 is 2.49 bits per heavy atom. The summed E-state index contributed by atoms with van der Waals surface area (Å²) in [4.78, 5) is 8.24. The van der Waals surface area contributed by atoms with Crippen LogP contribution in [0.4, 0.5) is 24.8 Å². The molecule has 0 radical (unpaired) electrons. The predicted octanol–water partition coefficient (Wildman–Crippen LogP) is 4.48. The summed E-state index contributed by atoms with van der Waals surface area (Å²) in [6, 6.07) is 12.6. The highest BCUT2D eigenvalue weighted by molar-refractivity contribution is 7.92. The number of hydrogen-bond donors (Lipinski definition) is 3. The van der Waals surface area contributed by atoms with Gasteiger partial charge < -0.3 is 15.4 Å². The van der Waals surface area contributed by atoms with E-state index in [0.29, 0.717) is 17.9 Å². The molecule has 0 unspecified atom stereocenters. The fourth-order valence-corrected chi connectivity index (χ4v) is 5.04. The van der Waals surface area contributed by atoms with Crippen molar-refractivity contribution >= 4 is 34.1 Å². The molecule has 1 saturated heterocycles. The maximum atomic E-state index is 13.7. The normalized spacial score (nSPS) is 18.1. The van der Waals surface area contributed by atoms with Gasteiger partial charge in [-0.05, 0) is 49.7 Å². The van der Waals surface area contributed by atoms with E-state index >= 15 is 0 Å². The molecule has 200 valence electrons. The SMILES string of the molecule is CO[C@H]1CCNC[C@H]1Nc1cccc(S(=O)(=O)Nc2ccc(C(F)(F)F)c(-c3ccccc3C)n2)n1.Cl. The van der Waals surface area contributed by atoms with Crippen molar-refractivity contribution in [1.82, 2.24) is 15.3 Å². The van der Waals surface area contributed by atoms with Gasteiger partial charge in [0.15, 0.2) is 5.03 Å². The number of anilines is 2. The van der Waals surface area contributed by atoms with Gasteiger partial charge in [0.05, 0.1) is 23.4 Å². The largest absolute Gasteiger partial charge is 0.418 e. The summed E-state index contributed by atoms with van der Waals surface area (Å²) in [5.74, 6) is 0.0759. The summed E-state index contributed by atoms with van der Waals surface area (Å²) in [6.45, 7) is 3.09. The summed E-state index contributed by atoms with van der Waals surface area (Å²) >= 11 is 0. The van der Waals surface area contributed by atoms with Crippen LogP contribution in [0.2, 0.25) is 0 Å². The molecule has 8 nitrogen and oxygen atoms in total. The lowest BCUT2D eigenvalue weighted by Gasteiger charge is -2.32. The Kier molecular flexibility index (Phi) is 9.00. The molecule has 0 saturated carbocycles. The average Bonchev–Trinajstić information content (AvgIpc) is 2.84. The highest BCUT2D eigenvalue weighted by Gasteiger charge is 2.35. The minimum Gasteiger partial charge on any atom is -0.379 e. The standard InChI is InChI=1S/C24H26F3N5O3S.ClH/c1-15-6-3-4-7-16(15)23-17(24(25,26)27)10-11-21(31-23)32-36(33,34)22-9-5-8-20(30-22)29-18-14-28-13-12-19(18)35-2;/h3-11,18-19,28H,12-14H2,1-2H3,(H,29,30)(H,31,32);1H/t18-,19+;/m1./s1. The van der Waals surface area contributed by atoms with Gasteiger partial charge in [-0.3, -0.25) is 4.72 Å². The lowest BCUT2D eigenvalue weighted by atomic mass is 10.0. The summed E-state index contributed by atoms with van der Waals surface area (Å²) in [6.07, 6.45) is -3.95. The zero-order valence-electron chi connectivity index (χ0n) is 20.0. The first-order valence-electron chi connectivity index (χ1n) is 11.2. The fraction of sp³-hybridized carbons (Fsp3) is 0.333. The number of benzene rings is 1. The molecular formula is C24H27ClF3N5O3S. The van der Waals surface area contributed by atoms with Crippen molar-refractivity contribution in [2.24, 2.45) is 0 Å². The van der Waals surface area contributed by atoms with Crippen LogP contribution in [0, 0.1) is 6.92 Å². The number of methoxy groups -OCH3 is 1. The first kappa shape index (κ1) is 28.6. The van der Waals surface area contributed by atoms with Crippen LogP contribution in [-0.4, -0.2) is 50.7 Å². The van der Waals surface area contributed by atoms with E-state index in [1.165, 1.54) is 18.2 Å². The number of alkyl halides is 3. The third-order valence-electron chi connectivity index (χ3n) is 5.89. The number of piperidine rings is 1. The Morgan fingerprint density at radius 2 is 1.78 bits per heavy atom. The van der Waals surface area contributed by atoms with E-state index in [-0.39, 0.29) is 46.7 Å². The Morgan fingerprint density at radius 1 is 1.03 bits per heavy atom. The Bertz CT molecular complexity index is 1340. The van der Waals surface area contributed by atoms with Crippen LogP contribution in [0.15, 0.2) is 59.6 Å². The fourth-order valence-electron chi connectivity index (χ4n) is 4.07. The van der Waals surface area contributed by atoms with Gasteiger partial charge in [-0.15, -0.1) is 12.4 Å². The molecule has 4 rings (SSSR count). The van der Waals surface area contributed by atoms with Crippen molar-refractivity contribution in [3.63, 3.8) is 0 Å². The van der Waals surface area contributed by atoms with Crippen molar-refractivity contribution in [2.45, 2.75) is 36.7 Å². The third kappa shape index (κ3) is 6.69. The highest BCUT2D eigenvalue weighted by Crippen LogP contribution is 2.38. The van der Waals surface area contributed by atoms with E-state index in [2.05, 4.69) is 25.3 Å². The summed E-state index contributed by atoms with van der Waals surface area (Å²) in [5, 5.41) is 6.13. The van der Waals surface area contributed by atoms with Gasteiger partial charge in [-0.2, -0.15) is 21.6 Å². The summed E-state index contributed by atoms with van der Waals surface area (Å²) in [7, 11) is -2.63. The minimum atomic E-state index is -4.67. The molecule has 1 fully saturated rings. The van der Waals surface area contributed by atoms with Gasteiger partial charge >= 0.3 is 6.18 Å². The van der Waals surface area contributed by atoms with Gasteiger partial charge in [-0.1, -0.05) is 30.3 Å². The van der Waals surface area contributed by atoms with Crippen molar-refractivity contribution in [1.29, 1.82) is 0 Å². The van der Waals surface area contributed by atoms with Crippen molar-refractivity contribution in [2.75, 3.05) is 30.2 Å². The number of nitrogens with one attached hydrogen (secondary N) is 3. The molecule has 1 aromatic carbocycles. The van der Waals surface area contributed by atoms with E-state index in [1.54, 1.807) is 38.3 Å². The van der Waals surface area contributed by atoms with Crippen LogP contribution in [-0.2, 0) is 20.9 Å². The molecule has 0 amide bonds. The van der Waals surface area contributed by atoms with Crippen LogP contribution in [0.1, 0.15) is 17.5 Å². The molecule has 0 bridgehead atoms. The second kappa shape index (κ2) is 11.6. The third-order valence-corrected chi connectivity index (χ3v) is 7.15. The molecule has 2 aromatic heterocycles. The van der Waals surface area contributed by atoms with Crippen LogP contribution in [0.5, 0.6) is 0 Å². The molecule has 37 heavy (non-hydrogen) atoms. The van der Waals surface area contributed by atoms with Gasteiger partial charge in [0.2, 0.25) is 0 Å². The Balaban J connectivity index is 0.00000380. The van der Waals surface area contributed by atoms with Crippen LogP contribution < -0.4 is 15.4 Å². The van der Waals surface area contributed by atoms with Crippen molar-refractivity contribution < 1.29 is 26.3 Å². The number of sulfonamides is 1. The second-order valence-electron chi connectivity index (χ2n) is 8.39. The topological polar surface area (TPSA) is 105 Å². The summed E-state index contributed by atoms with van der Waals surface area (Å²) in [5.41, 5.74) is -0.496. The van der Waals surface area contributed by atoms with E-state index in [9.17, 15) is 21.6 Å². The number of aryl methyl sites for hydroxylation is 1. The van der Waals surface area contributed by atoms with Crippen LogP contribution in [0.25, 0.3) is 11.3 Å². The maximum absolute atomic E-state index is 13.7. The van der Waals surface area contributed by atoms with Crippen molar-refractivity contribution in [3.8, 4) is 11.3 Å². The van der Waals surface area contributed by atoms with Gasteiger partial charge in [0, 0.05) is 19.2 Å². The molecule has 0 spiro atoms. The maximum Gasteiger partial charge on any atom is 0.418 e. The van der Waals surface area contributed by atoms with Gasteiger partial charge in [0.1, 0.15) is 11.6 Å². The van der Waals surface area contributed by atoms with E-state index in [0.717, 1.165) is 25.1 Å². The van der Waals surface area contributed by atoms with Gasteiger partial charge in [-0.25, -0.2) is 9.97 Å². The molecule has 1 aliphatic heterocycles. The molecule has 3 heterocycles. The first-order valence-corrected chi connectivity index (χ1v) is 12.7. The van der Waals surface area contributed by atoms with Gasteiger partial charge in [0.25, 0.3) is 10.0 Å². The zero-order chi connectivity index (χ0) is 25.9. The number of aromatic nitrogens is 2. The predicted molar refractivity (Wildman–Crippen MR) is 137 cm³/mol. The molecule has 1 aliphatic rings. The van der Waals surface area contributed by atoms with Crippen LogP contribution in [0.3, 0.4) is 0 Å². The number of pyridine rings is 2. The minimum absolute atomic E-state index is 0. The molecule has 3 aromatic rings. The quantitative estimate of drug-likeness (QED) is 0.393. The monoisotopic (exact) mass is 557 g/mol. The average molecular weight is 558 g/mol. The lowest BCUT2D eigenvalue weighted by molar-refractivity contribution is -0.137. The highest BCUT2D eigenvalue weighted by atomic mass is 35.5.